The molecule has 0 bridgehead atoms. The number of hydrogen-bond donors (Lipinski definition) is 1. The first kappa shape index (κ1) is 15.0. The molecule has 1 N–H and O–H groups in total. The molecular formula is C15H20IN3O2. The summed E-state index contributed by atoms with van der Waals surface area (Å²) in [7, 11) is 0. The topological polar surface area (TPSA) is 58.4 Å². The monoisotopic (exact) mass is 401 g/mol. The number of nitro benzene ring substituents is 1. The van der Waals surface area contributed by atoms with Crippen molar-refractivity contribution < 1.29 is 4.92 Å². The fraction of sp³-hybridized carbons (Fsp3) is 0.600. The third kappa shape index (κ3) is 3.66. The molecule has 21 heavy (non-hydrogen) atoms. The van der Waals surface area contributed by atoms with E-state index in [2.05, 4.69) is 32.8 Å². The van der Waals surface area contributed by atoms with Crippen molar-refractivity contribution in [2.24, 2.45) is 5.92 Å². The summed E-state index contributed by atoms with van der Waals surface area (Å²) in [5.74, 6) is 0.686. The van der Waals surface area contributed by atoms with Crippen LogP contribution in [0.2, 0.25) is 0 Å². The Morgan fingerprint density at radius 2 is 2.19 bits per heavy atom. The lowest BCUT2D eigenvalue weighted by Gasteiger charge is -2.32. The molecule has 1 atom stereocenters. The van der Waals surface area contributed by atoms with Crippen LogP contribution in [0.15, 0.2) is 18.2 Å². The first-order valence-electron chi connectivity index (χ1n) is 7.56. The van der Waals surface area contributed by atoms with Gasteiger partial charge in [0.25, 0.3) is 5.69 Å². The molecule has 1 unspecified atom stereocenters. The van der Waals surface area contributed by atoms with E-state index in [0.29, 0.717) is 12.0 Å². The first-order valence-corrected chi connectivity index (χ1v) is 8.64. The fourth-order valence-corrected chi connectivity index (χ4v) is 3.84. The minimum Gasteiger partial charge on any atom is -0.367 e. The van der Waals surface area contributed by atoms with E-state index < -0.39 is 0 Å². The molecule has 1 saturated carbocycles. The molecule has 1 heterocycles. The van der Waals surface area contributed by atoms with E-state index in [4.69, 9.17) is 0 Å². The van der Waals surface area contributed by atoms with Gasteiger partial charge in [0.05, 0.1) is 10.6 Å². The molecule has 0 spiro atoms. The van der Waals surface area contributed by atoms with Gasteiger partial charge in [-0.25, -0.2) is 0 Å². The van der Waals surface area contributed by atoms with Crippen LogP contribution in [0.4, 0.5) is 11.4 Å². The number of benzene rings is 1. The normalized spacial score (nSPS) is 22.0. The Kier molecular flexibility index (Phi) is 4.63. The van der Waals surface area contributed by atoms with Crippen LogP contribution in [0.25, 0.3) is 0 Å². The number of anilines is 1. The average molecular weight is 401 g/mol. The second-order valence-electron chi connectivity index (χ2n) is 5.99. The zero-order chi connectivity index (χ0) is 14.8. The van der Waals surface area contributed by atoms with Crippen molar-refractivity contribution >= 4 is 34.0 Å². The van der Waals surface area contributed by atoms with Gasteiger partial charge in [0.15, 0.2) is 0 Å². The molecule has 1 saturated heterocycles. The van der Waals surface area contributed by atoms with Crippen LogP contribution in [0.5, 0.6) is 0 Å². The van der Waals surface area contributed by atoms with Crippen molar-refractivity contribution in [2.45, 2.75) is 31.7 Å². The van der Waals surface area contributed by atoms with Gasteiger partial charge in [0.2, 0.25) is 0 Å². The summed E-state index contributed by atoms with van der Waals surface area (Å²) < 4.78 is 0.984. The standard InChI is InChI=1S/C15H20IN3O2/c16-14-8-13(19(20)21)5-6-15(14)18(12-3-4-12)10-11-2-1-7-17-9-11/h5-6,8,11-12,17H,1-4,7,9-10H2. The van der Waals surface area contributed by atoms with E-state index in [-0.39, 0.29) is 10.6 Å². The summed E-state index contributed by atoms with van der Waals surface area (Å²) in [6, 6.07) is 5.87. The number of halogens is 1. The van der Waals surface area contributed by atoms with Gasteiger partial charge in [-0.2, -0.15) is 0 Å². The molecule has 6 heteroatoms. The SMILES string of the molecule is O=[N+]([O-])c1ccc(N(CC2CCCNC2)C2CC2)c(I)c1. The molecule has 1 aromatic rings. The molecule has 0 radical (unpaired) electrons. The Labute approximate surface area is 138 Å². The zero-order valence-corrected chi connectivity index (χ0v) is 14.1. The van der Waals surface area contributed by atoms with E-state index in [0.717, 1.165) is 28.9 Å². The molecule has 1 aliphatic heterocycles. The van der Waals surface area contributed by atoms with E-state index in [1.807, 2.05) is 6.07 Å². The van der Waals surface area contributed by atoms with Crippen molar-refractivity contribution in [1.82, 2.24) is 5.32 Å². The summed E-state index contributed by atoms with van der Waals surface area (Å²) in [6.45, 7) is 3.28. The lowest BCUT2D eigenvalue weighted by atomic mass is 9.98. The van der Waals surface area contributed by atoms with E-state index in [1.54, 1.807) is 12.1 Å². The van der Waals surface area contributed by atoms with Crippen molar-refractivity contribution in [2.75, 3.05) is 24.5 Å². The molecule has 2 fully saturated rings. The second-order valence-corrected chi connectivity index (χ2v) is 7.15. The maximum atomic E-state index is 10.9. The van der Waals surface area contributed by atoms with Crippen molar-refractivity contribution in [1.29, 1.82) is 0 Å². The largest absolute Gasteiger partial charge is 0.367 e. The smallest absolute Gasteiger partial charge is 0.270 e. The molecule has 114 valence electrons. The lowest BCUT2D eigenvalue weighted by molar-refractivity contribution is -0.384. The summed E-state index contributed by atoms with van der Waals surface area (Å²) >= 11 is 2.23. The van der Waals surface area contributed by atoms with Crippen LogP contribution in [-0.2, 0) is 0 Å². The molecule has 0 aromatic heterocycles. The lowest BCUT2D eigenvalue weighted by Crippen LogP contribution is -2.39. The van der Waals surface area contributed by atoms with Gasteiger partial charge >= 0.3 is 0 Å². The minimum atomic E-state index is -0.321. The molecule has 0 amide bonds. The van der Waals surface area contributed by atoms with Crippen molar-refractivity contribution in [3.8, 4) is 0 Å². The Morgan fingerprint density at radius 1 is 1.38 bits per heavy atom. The highest BCUT2D eigenvalue weighted by molar-refractivity contribution is 14.1. The van der Waals surface area contributed by atoms with Gasteiger partial charge in [0, 0.05) is 28.3 Å². The molecule has 2 aliphatic rings. The number of nitro groups is 1. The number of nitrogens with one attached hydrogen (secondary N) is 1. The van der Waals surface area contributed by atoms with E-state index in [9.17, 15) is 10.1 Å². The van der Waals surface area contributed by atoms with Gasteiger partial charge in [-0.05, 0) is 73.3 Å². The fourth-order valence-electron chi connectivity index (χ4n) is 3.03. The number of non-ortho nitro benzene ring substituents is 1. The summed E-state index contributed by atoms with van der Waals surface area (Å²) in [6.07, 6.45) is 5.01. The van der Waals surface area contributed by atoms with Gasteiger partial charge < -0.3 is 10.2 Å². The highest BCUT2D eigenvalue weighted by Gasteiger charge is 2.32. The molecular weight excluding hydrogens is 381 g/mol. The Morgan fingerprint density at radius 3 is 2.76 bits per heavy atom. The second kappa shape index (κ2) is 6.48. The quantitative estimate of drug-likeness (QED) is 0.468. The summed E-state index contributed by atoms with van der Waals surface area (Å²) in [5, 5.41) is 14.3. The molecule has 3 rings (SSSR count). The molecule has 1 aliphatic carbocycles. The minimum absolute atomic E-state index is 0.179. The Bertz CT molecular complexity index is 528. The summed E-state index contributed by atoms with van der Waals surface area (Å²) in [5.41, 5.74) is 1.34. The maximum Gasteiger partial charge on any atom is 0.270 e. The Hall–Kier alpha value is -0.890. The van der Waals surface area contributed by atoms with Crippen LogP contribution in [0.3, 0.4) is 0 Å². The summed E-state index contributed by atoms with van der Waals surface area (Å²) in [4.78, 5) is 13.0. The van der Waals surface area contributed by atoms with Crippen LogP contribution in [0.1, 0.15) is 25.7 Å². The zero-order valence-electron chi connectivity index (χ0n) is 11.9. The first-order chi connectivity index (χ1) is 10.1. The van der Waals surface area contributed by atoms with Gasteiger partial charge in [-0.1, -0.05) is 0 Å². The van der Waals surface area contributed by atoms with Crippen molar-refractivity contribution in [3.63, 3.8) is 0 Å². The van der Waals surface area contributed by atoms with Crippen LogP contribution < -0.4 is 10.2 Å². The molecule has 1 aromatic carbocycles. The highest BCUT2D eigenvalue weighted by Crippen LogP contribution is 2.36. The predicted molar refractivity (Wildman–Crippen MR) is 91.8 cm³/mol. The van der Waals surface area contributed by atoms with E-state index in [1.165, 1.54) is 25.7 Å². The van der Waals surface area contributed by atoms with Gasteiger partial charge in [0.1, 0.15) is 0 Å². The maximum absolute atomic E-state index is 10.9. The van der Waals surface area contributed by atoms with Crippen molar-refractivity contribution in [3.05, 3.63) is 31.9 Å². The van der Waals surface area contributed by atoms with Gasteiger partial charge in [-0.3, -0.25) is 10.1 Å². The van der Waals surface area contributed by atoms with Crippen LogP contribution in [-0.4, -0.2) is 30.6 Å². The third-order valence-corrected chi connectivity index (χ3v) is 5.16. The van der Waals surface area contributed by atoms with E-state index >= 15 is 0 Å². The van der Waals surface area contributed by atoms with Crippen LogP contribution in [0, 0.1) is 19.6 Å². The predicted octanol–water partition coefficient (Wildman–Crippen LogP) is 3.17. The third-order valence-electron chi connectivity index (χ3n) is 4.29. The highest BCUT2D eigenvalue weighted by atomic mass is 127. The van der Waals surface area contributed by atoms with Crippen LogP contribution >= 0.6 is 22.6 Å². The van der Waals surface area contributed by atoms with Gasteiger partial charge in [-0.15, -0.1) is 0 Å². The number of piperidine rings is 1. The number of nitrogens with zero attached hydrogens (tertiary/aromatic N) is 2. The molecule has 5 nitrogen and oxygen atoms in total. The average Bonchev–Trinajstić information content (AvgIpc) is 3.31. The Balaban J connectivity index is 1.78. The number of hydrogen-bond acceptors (Lipinski definition) is 4. The number of rotatable bonds is 5.